The Morgan fingerprint density at radius 3 is 2.90 bits per heavy atom. The first-order chi connectivity index (χ1) is 9.79. The standard InChI is InChI=1S/C16H20N2O2/c1-2-8-20-15-9-14(11-18-12-15)16(19)6-5-13-4-3-7-17-10-13/h3-4,7,9-12,16,19H,2,5-6,8H2,1H3. The number of aryl methyl sites for hydroxylation is 1. The predicted octanol–water partition coefficient (Wildman–Crippen LogP) is 2.93. The quantitative estimate of drug-likeness (QED) is 0.842. The van der Waals surface area contributed by atoms with Crippen LogP contribution in [0.3, 0.4) is 0 Å². The zero-order valence-electron chi connectivity index (χ0n) is 11.7. The van der Waals surface area contributed by atoms with Gasteiger partial charge in [0, 0.05) is 24.2 Å². The molecule has 0 radical (unpaired) electrons. The molecule has 0 aromatic carbocycles. The highest BCUT2D eigenvalue weighted by molar-refractivity contribution is 5.25. The van der Waals surface area contributed by atoms with Gasteiger partial charge < -0.3 is 9.84 Å². The molecule has 4 nitrogen and oxygen atoms in total. The molecule has 0 aliphatic rings. The summed E-state index contributed by atoms with van der Waals surface area (Å²) >= 11 is 0. The minimum absolute atomic E-state index is 0.534. The minimum atomic E-state index is -0.534. The van der Waals surface area contributed by atoms with Gasteiger partial charge in [-0.1, -0.05) is 13.0 Å². The van der Waals surface area contributed by atoms with Gasteiger partial charge in [-0.25, -0.2) is 0 Å². The Hall–Kier alpha value is -1.94. The van der Waals surface area contributed by atoms with Gasteiger partial charge in [0.2, 0.25) is 0 Å². The summed E-state index contributed by atoms with van der Waals surface area (Å²) in [5.41, 5.74) is 1.92. The Morgan fingerprint density at radius 2 is 2.15 bits per heavy atom. The van der Waals surface area contributed by atoms with Crippen molar-refractivity contribution in [1.82, 2.24) is 9.97 Å². The fraction of sp³-hybridized carbons (Fsp3) is 0.375. The minimum Gasteiger partial charge on any atom is -0.492 e. The maximum absolute atomic E-state index is 10.2. The van der Waals surface area contributed by atoms with Gasteiger partial charge in [-0.2, -0.15) is 0 Å². The van der Waals surface area contributed by atoms with Crippen molar-refractivity contribution in [2.75, 3.05) is 6.61 Å². The summed E-state index contributed by atoms with van der Waals surface area (Å²) in [6, 6.07) is 5.78. The normalized spacial score (nSPS) is 12.1. The van der Waals surface area contributed by atoms with Crippen LogP contribution in [0.4, 0.5) is 0 Å². The maximum atomic E-state index is 10.2. The van der Waals surface area contributed by atoms with Crippen molar-refractivity contribution in [2.24, 2.45) is 0 Å². The van der Waals surface area contributed by atoms with Crippen LogP contribution < -0.4 is 4.74 Å². The van der Waals surface area contributed by atoms with Crippen LogP contribution in [0.5, 0.6) is 5.75 Å². The van der Waals surface area contributed by atoms with E-state index in [4.69, 9.17) is 4.74 Å². The zero-order chi connectivity index (χ0) is 14.2. The molecule has 0 saturated carbocycles. The SMILES string of the molecule is CCCOc1cncc(C(O)CCc2cccnc2)c1. The Bertz CT molecular complexity index is 517. The van der Waals surface area contributed by atoms with E-state index in [1.807, 2.05) is 24.4 Å². The molecule has 0 aliphatic heterocycles. The first-order valence-corrected chi connectivity index (χ1v) is 6.94. The third-order valence-corrected chi connectivity index (χ3v) is 3.02. The lowest BCUT2D eigenvalue weighted by Gasteiger charge is -2.12. The summed E-state index contributed by atoms with van der Waals surface area (Å²) in [6.45, 7) is 2.72. The lowest BCUT2D eigenvalue weighted by molar-refractivity contribution is 0.166. The maximum Gasteiger partial charge on any atom is 0.137 e. The predicted molar refractivity (Wildman–Crippen MR) is 77.5 cm³/mol. The highest BCUT2D eigenvalue weighted by atomic mass is 16.5. The molecule has 0 saturated heterocycles. The summed E-state index contributed by atoms with van der Waals surface area (Å²) in [5, 5.41) is 10.2. The van der Waals surface area contributed by atoms with E-state index < -0.39 is 6.10 Å². The summed E-state index contributed by atoms with van der Waals surface area (Å²) in [6.07, 6.45) is 8.78. The fourth-order valence-corrected chi connectivity index (χ4v) is 1.93. The van der Waals surface area contributed by atoms with Crippen LogP contribution in [0.15, 0.2) is 43.0 Å². The van der Waals surface area contributed by atoms with E-state index >= 15 is 0 Å². The number of aliphatic hydroxyl groups is 1. The molecule has 2 rings (SSSR count). The molecule has 2 heterocycles. The number of aliphatic hydroxyl groups excluding tert-OH is 1. The molecule has 0 bridgehead atoms. The molecule has 0 spiro atoms. The van der Waals surface area contributed by atoms with Crippen molar-refractivity contribution in [3.63, 3.8) is 0 Å². The van der Waals surface area contributed by atoms with Gasteiger partial charge in [-0.15, -0.1) is 0 Å². The lowest BCUT2D eigenvalue weighted by atomic mass is 10.0. The van der Waals surface area contributed by atoms with Crippen LogP contribution >= 0.6 is 0 Å². The number of aromatic nitrogens is 2. The average molecular weight is 272 g/mol. The lowest BCUT2D eigenvalue weighted by Crippen LogP contribution is -2.02. The van der Waals surface area contributed by atoms with Crippen LogP contribution in [0.25, 0.3) is 0 Å². The van der Waals surface area contributed by atoms with Gasteiger partial charge in [0.25, 0.3) is 0 Å². The van der Waals surface area contributed by atoms with Crippen LogP contribution in [-0.2, 0) is 6.42 Å². The Kier molecular flexibility index (Phi) is 5.50. The van der Waals surface area contributed by atoms with Gasteiger partial charge in [0.05, 0.1) is 18.9 Å². The van der Waals surface area contributed by atoms with Crippen LogP contribution in [0.1, 0.15) is 37.0 Å². The van der Waals surface area contributed by atoms with Crippen molar-refractivity contribution < 1.29 is 9.84 Å². The molecule has 2 aromatic heterocycles. The largest absolute Gasteiger partial charge is 0.492 e. The van der Waals surface area contributed by atoms with Crippen molar-refractivity contribution >= 4 is 0 Å². The molecule has 0 amide bonds. The molecule has 106 valence electrons. The van der Waals surface area contributed by atoms with Crippen molar-refractivity contribution in [1.29, 1.82) is 0 Å². The fourth-order valence-electron chi connectivity index (χ4n) is 1.93. The molecule has 1 atom stereocenters. The number of rotatable bonds is 7. The van der Waals surface area contributed by atoms with Gasteiger partial charge in [-0.05, 0) is 37.0 Å². The van der Waals surface area contributed by atoms with Crippen molar-refractivity contribution in [3.8, 4) is 5.75 Å². The molecule has 1 unspecified atom stereocenters. The molecule has 4 heteroatoms. The molecule has 20 heavy (non-hydrogen) atoms. The van der Waals surface area contributed by atoms with Crippen LogP contribution in [-0.4, -0.2) is 21.7 Å². The smallest absolute Gasteiger partial charge is 0.137 e. The monoisotopic (exact) mass is 272 g/mol. The summed E-state index contributed by atoms with van der Waals surface area (Å²) in [4.78, 5) is 8.19. The number of hydrogen-bond donors (Lipinski definition) is 1. The van der Waals surface area contributed by atoms with Crippen molar-refractivity contribution in [3.05, 3.63) is 54.1 Å². The van der Waals surface area contributed by atoms with E-state index in [0.717, 1.165) is 24.0 Å². The molecule has 2 aromatic rings. The highest BCUT2D eigenvalue weighted by Crippen LogP contribution is 2.21. The Balaban J connectivity index is 1.93. The number of nitrogens with zero attached hydrogens (tertiary/aromatic N) is 2. The topological polar surface area (TPSA) is 55.2 Å². The number of pyridine rings is 2. The second-order valence-electron chi connectivity index (χ2n) is 4.72. The first-order valence-electron chi connectivity index (χ1n) is 6.94. The molecular weight excluding hydrogens is 252 g/mol. The van der Waals surface area contributed by atoms with Gasteiger partial charge in [0.15, 0.2) is 0 Å². The molecule has 0 fully saturated rings. The number of ether oxygens (including phenoxy) is 1. The second kappa shape index (κ2) is 7.60. The van der Waals surface area contributed by atoms with E-state index in [-0.39, 0.29) is 0 Å². The third kappa shape index (κ3) is 4.31. The van der Waals surface area contributed by atoms with E-state index in [1.54, 1.807) is 18.6 Å². The van der Waals surface area contributed by atoms with Gasteiger partial charge in [-0.3, -0.25) is 9.97 Å². The van der Waals surface area contributed by atoms with E-state index in [9.17, 15) is 5.11 Å². The van der Waals surface area contributed by atoms with Gasteiger partial charge in [0.1, 0.15) is 5.75 Å². The molecular formula is C16H20N2O2. The first kappa shape index (κ1) is 14.5. The number of hydrogen-bond acceptors (Lipinski definition) is 4. The average Bonchev–Trinajstić information content (AvgIpc) is 2.52. The second-order valence-corrected chi connectivity index (χ2v) is 4.72. The van der Waals surface area contributed by atoms with Gasteiger partial charge >= 0.3 is 0 Å². The Morgan fingerprint density at radius 1 is 1.25 bits per heavy atom. The van der Waals surface area contributed by atoms with E-state index in [0.29, 0.717) is 18.8 Å². The van der Waals surface area contributed by atoms with Crippen molar-refractivity contribution in [2.45, 2.75) is 32.3 Å². The van der Waals surface area contributed by atoms with Crippen LogP contribution in [0.2, 0.25) is 0 Å². The summed E-state index contributed by atoms with van der Waals surface area (Å²) in [7, 11) is 0. The van der Waals surface area contributed by atoms with E-state index in [2.05, 4.69) is 16.9 Å². The summed E-state index contributed by atoms with van der Waals surface area (Å²) in [5.74, 6) is 0.713. The molecule has 1 N–H and O–H groups in total. The third-order valence-electron chi connectivity index (χ3n) is 3.02. The molecule has 0 aliphatic carbocycles. The summed E-state index contributed by atoms with van der Waals surface area (Å²) < 4.78 is 5.53. The zero-order valence-corrected chi connectivity index (χ0v) is 11.7. The van der Waals surface area contributed by atoms with Crippen LogP contribution in [0, 0.1) is 0 Å². The van der Waals surface area contributed by atoms with E-state index in [1.165, 1.54) is 0 Å². The Labute approximate surface area is 119 Å². The highest BCUT2D eigenvalue weighted by Gasteiger charge is 2.09.